The van der Waals surface area contributed by atoms with Gasteiger partial charge in [0.15, 0.2) is 0 Å². The molecule has 0 bridgehead atoms. The number of urea groups is 1. The minimum absolute atomic E-state index is 0.153. The Bertz CT molecular complexity index is 484. The third-order valence-electron chi connectivity index (χ3n) is 3.31. The number of benzene rings is 1. The van der Waals surface area contributed by atoms with Crippen molar-refractivity contribution >= 4 is 17.6 Å². The topological polar surface area (TPSA) is 49.9 Å². The summed E-state index contributed by atoms with van der Waals surface area (Å²) in [5.74, 6) is 0.362. The molecule has 0 N–H and O–H groups in total. The summed E-state index contributed by atoms with van der Waals surface area (Å²) in [5.41, 5.74) is 0.584. The maximum atomic E-state index is 12.3. The Labute approximate surface area is 112 Å². The zero-order valence-electron chi connectivity index (χ0n) is 11.4. The average Bonchev–Trinajstić information content (AvgIpc) is 2.44. The predicted octanol–water partition coefficient (Wildman–Crippen LogP) is 2.12. The Hall–Kier alpha value is -2.04. The molecule has 1 aromatic rings. The number of amides is 3. The Balaban J connectivity index is 2.33. The highest BCUT2D eigenvalue weighted by Crippen LogP contribution is 2.25. The van der Waals surface area contributed by atoms with Crippen LogP contribution in [-0.4, -0.2) is 37.0 Å². The predicted molar refractivity (Wildman–Crippen MR) is 72.3 cm³/mol. The summed E-state index contributed by atoms with van der Waals surface area (Å²) in [4.78, 5) is 27.4. The summed E-state index contributed by atoms with van der Waals surface area (Å²) in [6, 6.07) is 6.67. The van der Waals surface area contributed by atoms with Crippen molar-refractivity contribution in [2.75, 3.05) is 25.1 Å². The fraction of sp³-hybridized carbons (Fsp3) is 0.429. The number of hydrogen-bond acceptors (Lipinski definition) is 3. The number of carbonyl (C=O) groups excluding carboxylic acids is 2. The van der Waals surface area contributed by atoms with Crippen molar-refractivity contribution in [3.63, 3.8) is 0 Å². The number of carbonyl (C=O) groups is 2. The van der Waals surface area contributed by atoms with E-state index < -0.39 is 0 Å². The van der Waals surface area contributed by atoms with E-state index in [1.807, 2.05) is 13.8 Å². The minimum Gasteiger partial charge on any atom is -0.497 e. The van der Waals surface area contributed by atoms with Crippen molar-refractivity contribution in [2.45, 2.75) is 13.8 Å². The zero-order chi connectivity index (χ0) is 14.0. The van der Waals surface area contributed by atoms with E-state index >= 15 is 0 Å². The molecule has 5 nitrogen and oxygen atoms in total. The van der Waals surface area contributed by atoms with Gasteiger partial charge in [-0.25, -0.2) is 9.69 Å². The number of nitrogens with zero attached hydrogens (tertiary/aromatic N) is 2. The van der Waals surface area contributed by atoms with Crippen molar-refractivity contribution < 1.29 is 14.3 Å². The van der Waals surface area contributed by atoms with E-state index in [0.29, 0.717) is 24.5 Å². The third-order valence-corrected chi connectivity index (χ3v) is 3.31. The van der Waals surface area contributed by atoms with Crippen molar-refractivity contribution in [1.82, 2.24) is 4.90 Å². The molecule has 5 heteroatoms. The molecule has 0 radical (unpaired) electrons. The quantitative estimate of drug-likeness (QED) is 0.838. The van der Waals surface area contributed by atoms with Gasteiger partial charge in [-0.05, 0) is 31.2 Å². The third kappa shape index (κ3) is 2.41. The van der Waals surface area contributed by atoms with Crippen LogP contribution in [-0.2, 0) is 4.79 Å². The lowest BCUT2D eigenvalue weighted by Crippen LogP contribution is -2.56. The van der Waals surface area contributed by atoms with Crippen LogP contribution in [0.2, 0.25) is 0 Å². The summed E-state index contributed by atoms with van der Waals surface area (Å²) in [6.07, 6.45) is 0. The molecule has 1 aliphatic heterocycles. The largest absolute Gasteiger partial charge is 0.497 e. The maximum absolute atomic E-state index is 12.3. The molecule has 1 atom stereocenters. The summed E-state index contributed by atoms with van der Waals surface area (Å²) < 4.78 is 5.07. The summed E-state index contributed by atoms with van der Waals surface area (Å²) in [5, 5.41) is 0. The fourth-order valence-electron chi connectivity index (χ4n) is 2.18. The minimum atomic E-state index is -0.254. The lowest BCUT2D eigenvalue weighted by molar-refractivity contribution is -0.122. The van der Waals surface area contributed by atoms with Gasteiger partial charge in [0.25, 0.3) is 0 Å². The van der Waals surface area contributed by atoms with Crippen molar-refractivity contribution in [2.24, 2.45) is 5.92 Å². The van der Waals surface area contributed by atoms with Gasteiger partial charge in [0, 0.05) is 13.1 Å². The molecule has 0 aliphatic carbocycles. The van der Waals surface area contributed by atoms with Crippen LogP contribution in [0.15, 0.2) is 24.3 Å². The number of imide groups is 1. The van der Waals surface area contributed by atoms with E-state index in [4.69, 9.17) is 4.74 Å². The molecular weight excluding hydrogens is 244 g/mol. The van der Waals surface area contributed by atoms with Crippen LogP contribution >= 0.6 is 0 Å². The van der Waals surface area contributed by atoms with Gasteiger partial charge >= 0.3 is 6.03 Å². The summed E-state index contributed by atoms with van der Waals surface area (Å²) in [6.45, 7) is 4.84. The van der Waals surface area contributed by atoms with E-state index in [0.717, 1.165) is 0 Å². The van der Waals surface area contributed by atoms with Crippen LogP contribution in [0.4, 0.5) is 10.5 Å². The van der Waals surface area contributed by atoms with Crippen molar-refractivity contribution in [1.29, 1.82) is 0 Å². The number of ether oxygens (including phenoxy) is 1. The molecule has 1 unspecified atom stereocenters. The number of methoxy groups -OCH3 is 1. The fourth-order valence-corrected chi connectivity index (χ4v) is 2.18. The van der Waals surface area contributed by atoms with Crippen LogP contribution in [0, 0.1) is 5.92 Å². The Morgan fingerprint density at radius 1 is 1.26 bits per heavy atom. The Morgan fingerprint density at radius 2 is 1.89 bits per heavy atom. The molecule has 0 spiro atoms. The van der Waals surface area contributed by atoms with E-state index in [-0.39, 0.29) is 17.9 Å². The van der Waals surface area contributed by atoms with E-state index in [2.05, 4.69) is 0 Å². The molecule has 2 rings (SSSR count). The van der Waals surface area contributed by atoms with Crippen LogP contribution in [0.3, 0.4) is 0 Å². The first kappa shape index (κ1) is 13.4. The van der Waals surface area contributed by atoms with Crippen LogP contribution < -0.4 is 9.64 Å². The summed E-state index contributed by atoms with van der Waals surface area (Å²) >= 11 is 0. The van der Waals surface area contributed by atoms with Gasteiger partial charge in [-0.2, -0.15) is 0 Å². The van der Waals surface area contributed by atoms with E-state index in [9.17, 15) is 9.59 Å². The van der Waals surface area contributed by atoms with Crippen molar-refractivity contribution in [3.05, 3.63) is 24.3 Å². The Morgan fingerprint density at radius 3 is 2.42 bits per heavy atom. The monoisotopic (exact) mass is 262 g/mol. The molecule has 19 heavy (non-hydrogen) atoms. The molecule has 0 saturated carbocycles. The number of hydrogen-bond donors (Lipinski definition) is 0. The van der Waals surface area contributed by atoms with E-state index in [1.165, 1.54) is 4.90 Å². The highest BCUT2D eigenvalue weighted by atomic mass is 16.5. The average molecular weight is 262 g/mol. The molecule has 1 fully saturated rings. The van der Waals surface area contributed by atoms with Gasteiger partial charge in [-0.3, -0.25) is 4.79 Å². The normalized spacial score (nSPS) is 19.8. The molecule has 102 valence electrons. The van der Waals surface area contributed by atoms with Crippen LogP contribution in [0.25, 0.3) is 0 Å². The number of rotatable bonds is 3. The number of anilines is 1. The second kappa shape index (κ2) is 5.30. The van der Waals surface area contributed by atoms with Crippen molar-refractivity contribution in [3.8, 4) is 5.75 Å². The lowest BCUT2D eigenvalue weighted by atomic mass is 10.1. The molecule has 0 aromatic heterocycles. The molecule has 1 aliphatic rings. The highest BCUT2D eigenvalue weighted by molar-refractivity contribution is 6.16. The standard InChI is InChI=1S/C14H18N2O3/c1-4-15-9-10(2)13(17)16(14(15)18)11-5-7-12(19-3)8-6-11/h5-8,10H,4,9H2,1-3H3. The van der Waals surface area contributed by atoms with Gasteiger partial charge < -0.3 is 9.64 Å². The summed E-state index contributed by atoms with van der Waals surface area (Å²) in [7, 11) is 1.58. The van der Waals surface area contributed by atoms with Gasteiger partial charge in [0.05, 0.1) is 18.7 Å². The van der Waals surface area contributed by atoms with Gasteiger partial charge in [-0.1, -0.05) is 6.92 Å². The second-order valence-electron chi connectivity index (χ2n) is 4.59. The van der Waals surface area contributed by atoms with Gasteiger partial charge in [0.1, 0.15) is 5.75 Å². The first-order chi connectivity index (χ1) is 9.08. The highest BCUT2D eigenvalue weighted by Gasteiger charge is 2.36. The molecular formula is C14H18N2O3. The molecule has 1 saturated heterocycles. The SMILES string of the molecule is CCN1CC(C)C(=O)N(c2ccc(OC)cc2)C1=O. The van der Waals surface area contributed by atoms with Crippen LogP contribution in [0.5, 0.6) is 5.75 Å². The van der Waals surface area contributed by atoms with E-state index in [1.54, 1.807) is 36.3 Å². The second-order valence-corrected chi connectivity index (χ2v) is 4.59. The molecule has 3 amide bonds. The van der Waals surface area contributed by atoms with Crippen LogP contribution in [0.1, 0.15) is 13.8 Å². The molecule has 1 heterocycles. The lowest BCUT2D eigenvalue weighted by Gasteiger charge is -2.36. The van der Waals surface area contributed by atoms with Gasteiger partial charge in [-0.15, -0.1) is 0 Å². The maximum Gasteiger partial charge on any atom is 0.331 e. The first-order valence-electron chi connectivity index (χ1n) is 6.35. The van der Waals surface area contributed by atoms with Gasteiger partial charge in [0.2, 0.25) is 5.91 Å². The smallest absolute Gasteiger partial charge is 0.331 e. The zero-order valence-corrected chi connectivity index (χ0v) is 11.4. The molecule has 1 aromatic carbocycles. The first-order valence-corrected chi connectivity index (χ1v) is 6.35. The Kier molecular flexibility index (Phi) is 3.74.